The van der Waals surface area contributed by atoms with Gasteiger partial charge in [0.05, 0.1) is 0 Å². The van der Waals surface area contributed by atoms with Gasteiger partial charge in [0.25, 0.3) is 5.91 Å². The minimum Gasteiger partial charge on any atom is -0.481 e. The molecule has 0 aromatic heterocycles. The third-order valence-electron chi connectivity index (χ3n) is 4.71. The molecule has 5 heteroatoms. The van der Waals surface area contributed by atoms with Crippen molar-refractivity contribution >= 4 is 11.8 Å². The Hall–Kier alpha value is -2.04. The van der Waals surface area contributed by atoms with Crippen molar-refractivity contribution in [3.63, 3.8) is 0 Å². The zero-order chi connectivity index (χ0) is 19.5. The maximum atomic E-state index is 12.8. The number of hydrogen-bond donors (Lipinski definition) is 0. The zero-order valence-electron chi connectivity index (χ0n) is 16.9. The van der Waals surface area contributed by atoms with Crippen molar-refractivity contribution in [2.45, 2.75) is 53.6 Å². The summed E-state index contributed by atoms with van der Waals surface area (Å²) in [5.74, 6) is 1.22. The molecule has 0 radical (unpaired) electrons. The zero-order valence-corrected chi connectivity index (χ0v) is 16.9. The number of para-hydroxylation sites is 1. The third-order valence-corrected chi connectivity index (χ3v) is 4.71. The van der Waals surface area contributed by atoms with Crippen LogP contribution in [0.15, 0.2) is 24.3 Å². The summed E-state index contributed by atoms with van der Waals surface area (Å²) in [5.41, 5.74) is 0.719. The van der Waals surface area contributed by atoms with Gasteiger partial charge in [-0.2, -0.15) is 0 Å². The highest BCUT2D eigenvalue weighted by Crippen LogP contribution is 2.27. The van der Waals surface area contributed by atoms with Crippen molar-refractivity contribution in [1.29, 1.82) is 0 Å². The molecule has 0 aliphatic carbocycles. The van der Waals surface area contributed by atoms with Gasteiger partial charge in [0.2, 0.25) is 5.91 Å². The molecular formula is C21H32N2O3. The third kappa shape index (κ3) is 4.77. The Kier molecular flexibility index (Phi) is 6.32. The van der Waals surface area contributed by atoms with Crippen LogP contribution < -0.4 is 4.74 Å². The predicted octanol–water partition coefficient (Wildman–Crippen LogP) is 3.29. The van der Waals surface area contributed by atoms with Crippen molar-refractivity contribution in [2.24, 2.45) is 5.41 Å². The van der Waals surface area contributed by atoms with E-state index < -0.39 is 6.10 Å². The van der Waals surface area contributed by atoms with E-state index in [9.17, 15) is 9.59 Å². The predicted molar refractivity (Wildman–Crippen MR) is 103 cm³/mol. The van der Waals surface area contributed by atoms with E-state index in [4.69, 9.17) is 4.74 Å². The van der Waals surface area contributed by atoms with E-state index in [1.54, 1.807) is 11.8 Å². The monoisotopic (exact) mass is 360 g/mol. The SMILES string of the molecule is CC(Oc1ccccc1C(C)C)C(=O)N1CCN(C(=O)C(C)(C)C)CC1. The number of rotatable bonds is 4. The van der Waals surface area contributed by atoms with Crippen LogP contribution in [0.5, 0.6) is 5.75 Å². The lowest BCUT2D eigenvalue weighted by Crippen LogP contribution is -2.55. The van der Waals surface area contributed by atoms with Crippen LogP contribution in [-0.2, 0) is 9.59 Å². The summed E-state index contributed by atoms with van der Waals surface area (Å²) < 4.78 is 5.98. The van der Waals surface area contributed by atoms with Gasteiger partial charge in [0.1, 0.15) is 5.75 Å². The fraction of sp³-hybridized carbons (Fsp3) is 0.619. The van der Waals surface area contributed by atoms with Gasteiger partial charge < -0.3 is 14.5 Å². The molecule has 1 atom stereocenters. The number of hydrogen-bond acceptors (Lipinski definition) is 3. The molecule has 2 amide bonds. The van der Waals surface area contributed by atoms with Gasteiger partial charge in [-0.15, -0.1) is 0 Å². The van der Waals surface area contributed by atoms with E-state index >= 15 is 0 Å². The smallest absolute Gasteiger partial charge is 0.263 e. The molecule has 1 saturated heterocycles. The Morgan fingerprint density at radius 1 is 0.962 bits per heavy atom. The first-order valence-corrected chi connectivity index (χ1v) is 9.45. The number of piperazine rings is 1. The molecule has 0 bridgehead atoms. The van der Waals surface area contributed by atoms with E-state index in [1.807, 2.05) is 49.9 Å². The number of carbonyl (C=O) groups is 2. The molecule has 5 nitrogen and oxygen atoms in total. The number of carbonyl (C=O) groups excluding carboxylic acids is 2. The van der Waals surface area contributed by atoms with Gasteiger partial charge in [0.15, 0.2) is 6.10 Å². The molecule has 1 aliphatic rings. The van der Waals surface area contributed by atoms with Gasteiger partial charge >= 0.3 is 0 Å². The highest BCUT2D eigenvalue weighted by Gasteiger charge is 2.32. The normalized spacial score (nSPS) is 16.6. The first-order valence-electron chi connectivity index (χ1n) is 9.45. The lowest BCUT2D eigenvalue weighted by atomic mass is 9.94. The minimum absolute atomic E-state index is 0.0218. The first-order chi connectivity index (χ1) is 12.1. The molecule has 26 heavy (non-hydrogen) atoms. The summed E-state index contributed by atoms with van der Waals surface area (Å²) in [6, 6.07) is 7.86. The summed E-state index contributed by atoms with van der Waals surface area (Å²) in [6.45, 7) is 14.1. The molecule has 2 rings (SSSR count). The molecular weight excluding hydrogens is 328 g/mol. The summed E-state index contributed by atoms with van der Waals surface area (Å²) in [4.78, 5) is 28.8. The Morgan fingerprint density at radius 3 is 2.04 bits per heavy atom. The molecule has 0 N–H and O–H groups in total. The highest BCUT2D eigenvalue weighted by molar-refractivity contribution is 5.83. The maximum absolute atomic E-state index is 12.8. The number of nitrogens with zero attached hydrogens (tertiary/aromatic N) is 2. The van der Waals surface area contributed by atoms with E-state index in [0.717, 1.165) is 11.3 Å². The fourth-order valence-electron chi connectivity index (χ4n) is 3.17. The minimum atomic E-state index is -0.542. The van der Waals surface area contributed by atoms with Crippen LogP contribution in [0.4, 0.5) is 0 Å². The van der Waals surface area contributed by atoms with Crippen molar-refractivity contribution in [2.75, 3.05) is 26.2 Å². The Morgan fingerprint density at radius 2 is 1.50 bits per heavy atom. The second-order valence-electron chi connectivity index (χ2n) is 8.32. The molecule has 0 spiro atoms. The number of ether oxygens (including phenoxy) is 1. The van der Waals surface area contributed by atoms with Gasteiger partial charge in [-0.25, -0.2) is 0 Å². The van der Waals surface area contributed by atoms with Gasteiger partial charge in [-0.3, -0.25) is 9.59 Å². The fourth-order valence-corrected chi connectivity index (χ4v) is 3.17. The molecule has 1 heterocycles. The van der Waals surface area contributed by atoms with Crippen LogP contribution >= 0.6 is 0 Å². The van der Waals surface area contributed by atoms with Gasteiger partial charge in [-0.05, 0) is 24.5 Å². The van der Waals surface area contributed by atoms with Gasteiger partial charge in [0, 0.05) is 31.6 Å². The average Bonchev–Trinajstić information content (AvgIpc) is 2.60. The lowest BCUT2D eigenvalue weighted by Gasteiger charge is -2.38. The Bertz CT molecular complexity index is 641. The molecule has 1 unspecified atom stereocenters. The van der Waals surface area contributed by atoms with E-state index in [2.05, 4.69) is 13.8 Å². The summed E-state index contributed by atoms with van der Waals surface area (Å²) >= 11 is 0. The summed E-state index contributed by atoms with van der Waals surface area (Å²) in [5, 5.41) is 0. The second kappa shape index (κ2) is 8.11. The van der Waals surface area contributed by atoms with E-state index in [1.165, 1.54) is 0 Å². The van der Waals surface area contributed by atoms with Crippen molar-refractivity contribution in [1.82, 2.24) is 9.80 Å². The van der Waals surface area contributed by atoms with Crippen LogP contribution in [0.3, 0.4) is 0 Å². The van der Waals surface area contributed by atoms with Crippen molar-refractivity contribution in [3.8, 4) is 5.75 Å². The molecule has 144 valence electrons. The number of benzene rings is 1. The van der Waals surface area contributed by atoms with Crippen molar-refractivity contribution < 1.29 is 14.3 Å². The summed E-state index contributed by atoms with van der Waals surface area (Å²) in [6.07, 6.45) is -0.542. The molecule has 1 aromatic rings. The number of amides is 2. The molecule has 1 aromatic carbocycles. The second-order valence-corrected chi connectivity index (χ2v) is 8.32. The molecule has 0 saturated carbocycles. The lowest BCUT2D eigenvalue weighted by molar-refractivity contribution is -0.147. The average molecular weight is 360 g/mol. The topological polar surface area (TPSA) is 49.9 Å². The Labute approximate surface area is 157 Å². The van der Waals surface area contributed by atoms with Crippen LogP contribution in [0.2, 0.25) is 0 Å². The highest BCUT2D eigenvalue weighted by atomic mass is 16.5. The molecule has 1 fully saturated rings. The van der Waals surface area contributed by atoms with Crippen LogP contribution in [0.1, 0.15) is 53.0 Å². The van der Waals surface area contributed by atoms with Crippen molar-refractivity contribution in [3.05, 3.63) is 29.8 Å². The van der Waals surface area contributed by atoms with E-state index in [-0.39, 0.29) is 17.2 Å². The van der Waals surface area contributed by atoms with Gasteiger partial charge in [-0.1, -0.05) is 52.8 Å². The quantitative estimate of drug-likeness (QED) is 0.828. The van der Waals surface area contributed by atoms with Crippen LogP contribution in [0.25, 0.3) is 0 Å². The maximum Gasteiger partial charge on any atom is 0.263 e. The van der Waals surface area contributed by atoms with Crippen LogP contribution in [0, 0.1) is 5.41 Å². The van der Waals surface area contributed by atoms with Crippen LogP contribution in [-0.4, -0.2) is 53.9 Å². The summed E-state index contributed by atoms with van der Waals surface area (Å²) in [7, 11) is 0. The first kappa shape index (κ1) is 20.3. The standard InChI is InChI=1S/C21H32N2O3/c1-15(2)17-9-7-8-10-18(17)26-16(3)19(24)22-11-13-23(14-12-22)20(25)21(4,5)6/h7-10,15-16H,11-14H2,1-6H3. The molecule has 1 aliphatic heterocycles. The Balaban J connectivity index is 1.95. The largest absolute Gasteiger partial charge is 0.481 e. The van der Waals surface area contributed by atoms with E-state index in [0.29, 0.717) is 32.1 Å².